The molecule has 3 nitrogen and oxygen atoms in total. The molecular formula is C15H20O3S. The van der Waals surface area contributed by atoms with Crippen molar-refractivity contribution in [2.75, 3.05) is 7.11 Å². The molecule has 0 amide bonds. The van der Waals surface area contributed by atoms with E-state index in [1.165, 1.54) is 12.8 Å². The van der Waals surface area contributed by atoms with Crippen LogP contribution in [0.3, 0.4) is 0 Å². The van der Waals surface area contributed by atoms with Crippen LogP contribution in [0.4, 0.5) is 0 Å². The first-order valence-electron chi connectivity index (χ1n) is 6.63. The number of carboxylic acids is 1. The van der Waals surface area contributed by atoms with E-state index in [1.807, 2.05) is 19.1 Å². The highest BCUT2D eigenvalue weighted by molar-refractivity contribution is 8.00. The van der Waals surface area contributed by atoms with Gasteiger partial charge in [-0.05, 0) is 50.3 Å². The Morgan fingerprint density at radius 2 is 2.21 bits per heavy atom. The lowest BCUT2D eigenvalue weighted by atomic mass is 9.97. The molecule has 0 bridgehead atoms. The van der Waals surface area contributed by atoms with E-state index in [4.69, 9.17) is 9.84 Å². The van der Waals surface area contributed by atoms with Gasteiger partial charge in [0.2, 0.25) is 0 Å². The highest BCUT2D eigenvalue weighted by Crippen LogP contribution is 2.35. The van der Waals surface area contributed by atoms with E-state index < -0.39 is 5.97 Å². The van der Waals surface area contributed by atoms with Crippen molar-refractivity contribution in [2.24, 2.45) is 0 Å². The van der Waals surface area contributed by atoms with E-state index in [-0.39, 0.29) is 0 Å². The van der Waals surface area contributed by atoms with Crippen LogP contribution in [-0.2, 0) is 4.74 Å². The molecule has 4 heteroatoms. The Bertz CT molecular complexity index is 459. The Kier molecular flexibility index (Phi) is 4.88. The van der Waals surface area contributed by atoms with Gasteiger partial charge in [-0.15, -0.1) is 11.8 Å². The van der Waals surface area contributed by atoms with Gasteiger partial charge in [0, 0.05) is 17.3 Å². The summed E-state index contributed by atoms with van der Waals surface area (Å²) in [4.78, 5) is 12.2. The van der Waals surface area contributed by atoms with Crippen molar-refractivity contribution >= 4 is 17.7 Å². The third-order valence-corrected chi connectivity index (χ3v) is 4.94. The Balaban J connectivity index is 2.06. The topological polar surface area (TPSA) is 46.5 Å². The molecule has 0 spiro atoms. The fourth-order valence-corrected chi connectivity index (χ4v) is 3.83. The Morgan fingerprint density at radius 1 is 1.42 bits per heavy atom. The first-order chi connectivity index (χ1) is 9.10. The smallest absolute Gasteiger partial charge is 0.335 e. The van der Waals surface area contributed by atoms with Gasteiger partial charge in [0.25, 0.3) is 0 Å². The molecule has 2 atom stereocenters. The average Bonchev–Trinajstić information content (AvgIpc) is 2.41. The number of methoxy groups -OCH3 is 1. The van der Waals surface area contributed by atoms with Crippen LogP contribution in [0.25, 0.3) is 0 Å². The Labute approximate surface area is 118 Å². The molecule has 1 fully saturated rings. The summed E-state index contributed by atoms with van der Waals surface area (Å²) in [5.74, 6) is -0.849. The maximum Gasteiger partial charge on any atom is 0.335 e. The molecule has 0 aromatic heterocycles. The normalized spacial score (nSPS) is 23.3. The lowest BCUT2D eigenvalue weighted by molar-refractivity contribution is 0.0695. The van der Waals surface area contributed by atoms with Crippen molar-refractivity contribution in [1.29, 1.82) is 0 Å². The standard InChI is InChI=1S/C15H20O3S/c1-10-6-7-13(9-14(10)15(16)17)19-12-5-3-4-11(8-12)18-2/h6-7,9,11-12H,3-5,8H2,1-2H3,(H,16,17). The minimum atomic E-state index is -0.849. The highest BCUT2D eigenvalue weighted by atomic mass is 32.2. The van der Waals surface area contributed by atoms with Crippen molar-refractivity contribution in [3.63, 3.8) is 0 Å². The molecular weight excluding hydrogens is 260 g/mol. The predicted molar refractivity (Wildman–Crippen MR) is 77.0 cm³/mol. The number of ether oxygens (including phenoxy) is 1. The summed E-state index contributed by atoms with van der Waals surface area (Å²) in [6.45, 7) is 1.83. The van der Waals surface area contributed by atoms with Crippen molar-refractivity contribution in [3.05, 3.63) is 29.3 Å². The van der Waals surface area contributed by atoms with Gasteiger partial charge in [-0.1, -0.05) is 6.07 Å². The number of hydrogen-bond donors (Lipinski definition) is 1. The van der Waals surface area contributed by atoms with Gasteiger partial charge < -0.3 is 9.84 Å². The molecule has 2 rings (SSSR count). The van der Waals surface area contributed by atoms with E-state index >= 15 is 0 Å². The van der Waals surface area contributed by atoms with Gasteiger partial charge in [-0.2, -0.15) is 0 Å². The number of hydrogen-bond acceptors (Lipinski definition) is 3. The monoisotopic (exact) mass is 280 g/mol. The molecule has 1 aliphatic carbocycles. The van der Waals surface area contributed by atoms with Crippen LogP contribution in [0, 0.1) is 6.92 Å². The molecule has 1 aliphatic rings. The maximum atomic E-state index is 11.1. The molecule has 1 aromatic carbocycles. The maximum absolute atomic E-state index is 11.1. The molecule has 1 N–H and O–H groups in total. The zero-order valence-corrected chi connectivity index (χ0v) is 12.2. The predicted octanol–water partition coefficient (Wildman–Crippen LogP) is 3.74. The van der Waals surface area contributed by atoms with E-state index in [0.29, 0.717) is 16.9 Å². The van der Waals surface area contributed by atoms with Crippen molar-refractivity contribution < 1.29 is 14.6 Å². The summed E-state index contributed by atoms with van der Waals surface area (Å²) >= 11 is 1.78. The summed E-state index contributed by atoms with van der Waals surface area (Å²) in [7, 11) is 1.77. The minimum absolute atomic E-state index is 0.357. The summed E-state index contributed by atoms with van der Waals surface area (Å²) in [6.07, 6.45) is 4.92. The lowest BCUT2D eigenvalue weighted by Crippen LogP contribution is -2.23. The Hall–Kier alpha value is -1.00. The summed E-state index contributed by atoms with van der Waals surface area (Å²) in [5, 5.41) is 9.68. The van der Waals surface area contributed by atoms with Crippen molar-refractivity contribution in [2.45, 2.75) is 48.9 Å². The number of benzene rings is 1. The van der Waals surface area contributed by atoms with Gasteiger partial charge in [-0.3, -0.25) is 0 Å². The third kappa shape index (κ3) is 3.74. The van der Waals surface area contributed by atoms with Crippen LogP contribution < -0.4 is 0 Å². The number of carboxylic acid groups (broad SMARTS) is 1. The number of carbonyl (C=O) groups is 1. The zero-order chi connectivity index (χ0) is 13.8. The van der Waals surface area contributed by atoms with Crippen LogP contribution >= 0.6 is 11.8 Å². The molecule has 104 valence electrons. The second-order valence-electron chi connectivity index (χ2n) is 5.05. The molecule has 0 saturated heterocycles. The second kappa shape index (κ2) is 6.44. The van der Waals surface area contributed by atoms with Crippen molar-refractivity contribution in [3.8, 4) is 0 Å². The average molecular weight is 280 g/mol. The van der Waals surface area contributed by atoms with E-state index in [0.717, 1.165) is 23.3 Å². The first kappa shape index (κ1) is 14.4. The van der Waals surface area contributed by atoms with Crippen LogP contribution in [0.1, 0.15) is 41.6 Å². The van der Waals surface area contributed by atoms with E-state index in [2.05, 4.69) is 0 Å². The van der Waals surface area contributed by atoms with Gasteiger partial charge in [-0.25, -0.2) is 4.79 Å². The van der Waals surface area contributed by atoms with Crippen LogP contribution in [-0.4, -0.2) is 29.5 Å². The fourth-order valence-electron chi connectivity index (χ4n) is 2.52. The zero-order valence-electron chi connectivity index (χ0n) is 11.4. The number of aromatic carboxylic acids is 1. The molecule has 0 aliphatic heterocycles. The largest absolute Gasteiger partial charge is 0.478 e. The molecule has 2 unspecified atom stereocenters. The fraction of sp³-hybridized carbons (Fsp3) is 0.533. The highest BCUT2D eigenvalue weighted by Gasteiger charge is 2.22. The lowest BCUT2D eigenvalue weighted by Gasteiger charge is -2.27. The quantitative estimate of drug-likeness (QED) is 0.912. The van der Waals surface area contributed by atoms with E-state index in [9.17, 15) is 4.79 Å². The molecule has 1 aromatic rings. The summed E-state index contributed by atoms with van der Waals surface area (Å²) in [6, 6.07) is 5.70. The minimum Gasteiger partial charge on any atom is -0.478 e. The number of aryl methyl sites for hydroxylation is 1. The van der Waals surface area contributed by atoms with Crippen LogP contribution in [0.15, 0.2) is 23.1 Å². The summed E-state index contributed by atoms with van der Waals surface area (Å²) in [5.41, 5.74) is 1.22. The third-order valence-electron chi connectivity index (χ3n) is 3.65. The van der Waals surface area contributed by atoms with Gasteiger partial charge in [0.15, 0.2) is 0 Å². The van der Waals surface area contributed by atoms with Crippen LogP contribution in [0.2, 0.25) is 0 Å². The van der Waals surface area contributed by atoms with Gasteiger partial charge >= 0.3 is 5.97 Å². The van der Waals surface area contributed by atoms with Crippen molar-refractivity contribution in [1.82, 2.24) is 0 Å². The summed E-state index contributed by atoms with van der Waals surface area (Å²) < 4.78 is 5.43. The molecule has 1 saturated carbocycles. The van der Waals surface area contributed by atoms with Gasteiger partial charge in [0.05, 0.1) is 11.7 Å². The van der Waals surface area contributed by atoms with Crippen LogP contribution in [0.5, 0.6) is 0 Å². The molecule has 0 heterocycles. The SMILES string of the molecule is COC1CCCC(Sc2ccc(C)c(C(=O)O)c2)C1. The first-order valence-corrected chi connectivity index (χ1v) is 7.51. The number of thioether (sulfide) groups is 1. The van der Waals surface area contributed by atoms with E-state index in [1.54, 1.807) is 24.9 Å². The second-order valence-corrected chi connectivity index (χ2v) is 6.42. The molecule has 19 heavy (non-hydrogen) atoms. The van der Waals surface area contributed by atoms with Gasteiger partial charge in [0.1, 0.15) is 0 Å². The Morgan fingerprint density at radius 3 is 2.89 bits per heavy atom. The molecule has 0 radical (unpaired) electrons. The number of rotatable bonds is 4.